The van der Waals surface area contributed by atoms with Gasteiger partial charge in [0.1, 0.15) is 0 Å². The van der Waals surface area contributed by atoms with Crippen LogP contribution in [0, 0.1) is 5.92 Å². The second kappa shape index (κ2) is 4.28. The molecule has 0 aromatic rings. The van der Waals surface area contributed by atoms with Crippen molar-refractivity contribution in [1.82, 2.24) is 10.2 Å². The maximum absolute atomic E-state index is 11.2. The van der Waals surface area contributed by atoms with Gasteiger partial charge in [0.05, 0.1) is 6.54 Å². The molecule has 0 aromatic carbocycles. The lowest BCUT2D eigenvalue weighted by Gasteiger charge is -2.50. The second-order valence-electron chi connectivity index (χ2n) is 4.49. The van der Waals surface area contributed by atoms with Gasteiger partial charge in [0.25, 0.3) is 0 Å². The fourth-order valence-corrected chi connectivity index (χ4v) is 1.72. The predicted octanol–water partition coefficient (Wildman–Crippen LogP) is -0.208. The molecule has 1 heterocycles. The maximum atomic E-state index is 11.2. The van der Waals surface area contributed by atoms with Gasteiger partial charge in [-0.2, -0.15) is 0 Å². The van der Waals surface area contributed by atoms with Crippen LogP contribution >= 0.6 is 0 Å². The van der Waals surface area contributed by atoms with Gasteiger partial charge in [0.2, 0.25) is 5.91 Å². The van der Waals surface area contributed by atoms with Crippen molar-refractivity contribution in [3.8, 4) is 0 Å². The molecular weight excluding hydrogens is 178 g/mol. The zero-order valence-electron chi connectivity index (χ0n) is 9.34. The highest BCUT2D eigenvalue weighted by Crippen LogP contribution is 2.25. The molecular formula is C10H21N3O. The second-order valence-corrected chi connectivity index (χ2v) is 4.49. The van der Waals surface area contributed by atoms with Crippen LogP contribution < -0.4 is 11.1 Å². The molecule has 82 valence electrons. The number of nitrogens with one attached hydrogen (secondary N) is 1. The third kappa shape index (κ3) is 2.45. The van der Waals surface area contributed by atoms with E-state index in [1.807, 2.05) is 6.92 Å². The highest BCUT2D eigenvalue weighted by atomic mass is 16.2. The first-order valence-corrected chi connectivity index (χ1v) is 5.26. The third-order valence-electron chi connectivity index (χ3n) is 2.93. The Hall–Kier alpha value is -0.610. The van der Waals surface area contributed by atoms with Crippen molar-refractivity contribution in [3.63, 3.8) is 0 Å². The lowest BCUT2D eigenvalue weighted by atomic mass is 9.80. The number of amides is 1. The Morgan fingerprint density at radius 1 is 1.57 bits per heavy atom. The van der Waals surface area contributed by atoms with Crippen LogP contribution in [0.1, 0.15) is 20.8 Å². The van der Waals surface area contributed by atoms with Gasteiger partial charge in [0, 0.05) is 25.2 Å². The molecule has 4 nitrogen and oxygen atoms in total. The molecule has 0 bridgehead atoms. The number of hydrogen-bond donors (Lipinski definition) is 2. The van der Waals surface area contributed by atoms with Crippen LogP contribution in [-0.4, -0.2) is 42.5 Å². The van der Waals surface area contributed by atoms with Gasteiger partial charge in [-0.1, -0.05) is 13.8 Å². The Bertz CT molecular complexity index is 209. The van der Waals surface area contributed by atoms with Crippen LogP contribution in [0.15, 0.2) is 0 Å². The Kier molecular flexibility index (Phi) is 3.50. The first-order valence-electron chi connectivity index (χ1n) is 5.26. The van der Waals surface area contributed by atoms with E-state index in [0.29, 0.717) is 19.0 Å². The quantitative estimate of drug-likeness (QED) is 0.659. The summed E-state index contributed by atoms with van der Waals surface area (Å²) in [5.41, 5.74) is 6.04. The van der Waals surface area contributed by atoms with Crippen LogP contribution in [0.3, 0.4) is 0 Å². The van der Waals surface area contributed by atoms with Crippen LogP contribution in [0.5, 0.6) is 0 Å². The Balaban J connectivity index is 2.25. The van der Waals surface area contributed by atoms with Crippen LogP contribution in [0.2, 0.25) is 0 Å². The summed E-state index contributed by atoms with van der Waals surface area (Å²) in [5.74, 6) is 0.575. The molecule has 0 saturated carbocycles. The summed E-state index contributed by atoms with van der Waals surface area (Å²) in [6.07, 6.45) is 0. The average Bonchev–Trinajstić information content (AvgIpc) is 2.01. The number of likely N-dealkylation sites (tertiary alicyclic amines) is 1. The van der Waals surface area contributed by atoms with Crippen molar-refractivity contribution in [3.05, 3.63) is 0 Å². The van der Waals surface area contributed by atoms with Crippen molar-refractivity contribution in [1.29, 1.82) is 0 Å². The number of carbonyl (C=O) groups is 1. The van der Waals surface area contributed by atoms with E-state index in [1.54, 1.807) is 0 Å². The Labute approximate surface area is 85.8 Å². The molecule has 0 spiro atoms. The molecule has 1 aliphatic rings. The zero-order valence-corrected chi connectivity index (χ0v) is 9.34. The van der Waals surface area contributed by atoms with E-state index in [-0.39, 0.29) is 11.4 Å². The molecule has 4 heteroatoms. The number of carbonyl (C=O) groups excluding carboxylic acids is 1. The van der Waals surface area contributed by atoms with Gasteiger partial charge >= 0.3 is 0 Å². The summed E-state index contributed by atoms with van der Waals surface area (Å²) in [4.78, 5) is 13.3. The molecule has 0 radical (unpaired) electrons. The molecule has 1 aliphatic heterocycles. The van der Waals surface area contributed by atoms with Crippen LogP contribution in [-0.2, 0) is 4.79 Å². The molecule has 1 saturated heterocycles. The van der Waals surface area contributed by atoms with Crippen molar-refractivity contribution < 1.29 is 4.79 Å². The number of nitrogens with zero attached hydrogens (tertiary/aromatic N) is 1. The Morgan fingerprint density at radius 3 is 2.57 bits per heavy atom. The van der Waals surface area contributed by atoms with Gasteiger partial charge in [0.15, 0.2) is 0 Å². The highest BCUT2D eigenvalue weighted by molar-refractivity contribution is 5.78. The molecule has 1 amide bonds. The average molecular weight is 199 g/mol. The van der Waals surface area contributed by atoms with Gasteiger partial charge < -0.3 is 11.1 Å². The summed E-state index contributed by atoms with van der Waals surface area (Å²) < 4.78 is 0. The first kappa shape index (κ1) is 11.5. The minimum Gasteiger partial charge on any atom is -0.355 e. The molecule has 14 heavy (non-hydrogen) atoms. The fraction of sp³-hybridized carbons (Fsp3) is 0.900. The first-order chi connectivity index (χ1) is 6.48. The van der Waals surface area contributed by atoms with E-state index in [0.717, 1.165) is 13.1 Å². The van der Waals surface area contributed by atoms with E-state index in [9.17, 15) is 4.79 Å². The monoisotopic (exact) mass is 199 g/mol. The largest absolute Gasteiger partial charge is 0.355 e. The third-order valence-corrected chi connectivity index (χ3v) is 2.93. The minimum atomic E-state index is -0.0769. The fourth-order valence-electron chi connectivity index (χ4n) is 1.72. The number of likely N-dealkylation sites (N-methyl/N-ethyl adjacent to an activating group) is 1. The summed E-state index contributed by atoms with van der Waals surface area (Å²) in [6.45, 7) is 9.04. The Morgan fingerprint density at radius 2 is 2.14 bits per heavy atom. The molecule has 0 aliphatic carbocycles. The van der Waals surface area contributed by atoms with E-state index in [1.165, 1.54) is 0 Å². The molecule has 1 fully saturated rings. The van der Waals surface area contributed by atoms with Gasteiger partial charge in [-0.3, -0.25) is 9.69 Å². The van der Waals surface area contributed by atoms with Crippen LogP contribution in [0.25, 0.3) is 0 Å². The normalized spacial score (nSPS) is 20.6. The van der Waals surface area contributed by atoms with Crippen LogP contribution in [0.4, 0.5) is 0 Å². The van der Waals surface area contributed by atoms with E-state index < -0.39 is 0 Å². The van der Waals surface area contributed by atoms with E-state index in [2.05, 4.69) is 24.1 Å². The van der Waals surface area contributed by atoms with Crippen molar-refractivity contribution in [2.75, 3.05) is 26.2 Å². The standard InChI is InChI=1S/C10H21N3O/c1-4-12-9(14)5-13-6-10(11,7-13)8(2)3/h8H,4-7,11H2,1-3H3,(H,12,14). The van der Waals surface area contributed by atoms with E-state index >= 15 is 0 Å². The highest BCUT2D eigenvalue weighted by Gasteiger charge is 2.42. The zero-order chi connectivity index (χ0) is 10.8. The summed E-state index contributed by atoms with van der Waals surface area (Å²) in [7, 11) is 0. The lowest BCUT2D eigenvalue weighted by molar-refractivity contribution is -0.124. The number of rotatable bonds is 4. The molecule has 3 N–H and O–H groups in total. The minimum absolute atomic E-state index is 0.0769. The summed E-state index contributed by atoms with van der Waals surface area (Å²) in [6, 6.07) is 0. The van der Waals surface area contributed by atoms with Crippen molar-refractivity contribution >= 4 is 5.91 Å². The lowest BCUT2D eigenvalue weighted by Crippen LogP contribution is -2.70. The SMILES string of the molecule is CCNC(=O)CN1CC(N)(C(C)C)C1. The smallest absolute Gasteiger partial charge is 0.234 e. The predicted molar refractivity (Wildman–Crippen MR) is 56.9 cm³/mol. The van der Waals surface area contributed by atoms with Gasteiger partial charge in [-0.05, 0) is 12.8 Å². The molecule has 0 atom stereocenters. The topological polar surface area (TPSA) is 58.4 Å². The molecule has 0 aromatic heterocycles. The maximum Gasteiger partial charge on any atom is 0.234 e. The van der Waals surface area contributed by atoms with E-state index in [4.69, 9.17) is 5.73 Å². The number of hydrogen-bond acceptors (Lipinski definition) is 3. The summed E-state index contributed by atoms with van der Waals surface area (Å²) >= 11 is 0. The molecule has 0 unspecified atom stereocenters. The summed E-state index contributed by atoms with van der Waals surface area (Å²) in [5, 5.41) is 2.78. The van der Waals surface area contributed by atoms with Gasteiger partial charge in [-0.15, -0.1) is 0 Å². The van der Waals surface area contributed by atoms with Gasteiger partial charge in [-0.25, -0.2) is 0 Å². The number of nitrogens with two attached hydrogens (primary N) is 1. The van der Waals surface area contributed by atoms with Crippen molar-refractivity contribution in [2.24, 2.45) is 11.7 Å². The molecule has 1 rings (SSSR count). The van der Waals surface area contributed by atoms with Crippen molar-refractivity contribution in [2.45, 2.75) is 26.3 Å².